The second-order valence-corrected chi connectivity index (χ2v) is 4.66. The van der Waals surface area contributed by atoms with Gasteiger partial charge in [0.15, 0.2) is 0 Å². The maximum Gasteiger partial charge on any atom is 0.251 e. The largest absolute Gasteiger partial charge is 0.377 e. The van der Waals surface area contributed by atoms with Crippen LogP contribution in [-0.4, -0.2) is 31.7 Å². The summed E-state index contributed by atoms with van der Waals surface area (Å²) in [7, 11) is 0. The molecule has 0 fully saturated rings. The highest BCUT2D eigenvalue weighted by atomic mass is 16.5. The van der Waals surface area contributed by atoms with Crippen molar-refractivity contribution in [3.05, 3.63) is 34.9 Å². The molecule has 0 saturated carbocycles. The lowest BCUT2D eigenvalue weighted by atomic mass is 10.0. The molecule has 3 N–H and O–H groups in total. The average molecular weight is 274 g/mol. The third-order valence-corrected chi connectivity index (χ3v) is 2.74. The fraction of sp³-hybridized carbons (Fsp3) is 0.438. The Morgan fingerprint density at radius 2 is 2.20 bits per heavy atom. The van der Waals surface area contributed by atoms with E-state index >= 15 is 0 Å². The third kappa shape index (κ3) is 5.04. The Labute approximate surface area is 120 Å². The van der Waals surface area contributed by atoms with Crippen LogP contribution in [-0.2, 0) is 4.74 Å². The number of amides is 1. The molecule has 0 aromatic heterocycles. The van der Waals surface area contributed by atoms with E-state index in [0.717, 1.165) is 11.1 Å². The highest BCUT2D eigenvalue weighted by molar-refractivity contribution is 5.96. The van der Waals surface area contributed by atoms with E-state index in [1.54, 1.807) is 6.07 Å². The molecule has 4 heteroatoms. The van der Waals surface area contributed by atoms with Crippen molar-refractivity contribution in [2.45, 2.75) is 26.9 Å². The van der Waals surface area contributed by atoms with Crippen molar-refractivity contribution in [1.82, 2.24) is 5.32 Å². The van der Waals surface area contributed by atoms with Crippen LogP contribution < -0.4 is 11.1 Å². The first kappa shape index (κ1) is 16.2. The van der Waals surface area contributed by atoms with Crippen molar-refractivity contribution in [3.63, 3.8) is 0 Å². The van der Waals surface area contributed by atoms with Crippen LogP contribution in [0.1, 0.15) is 35.3 Å². The summed E-state index contributed by atoms with van der Waals surface area (Å²) in [5, 5.41) is 2.84. The minimum Gasteiger partial charge on any atom is -0.377 e. The van der Waals surface area contributed by atoms with Gasteiger partial charge >= 0.3 is 0 Å². The van der Waals surface area contributed by atoms with Gasteiger partial charge in [0.25, 0.3) is 5.91 Å². The zero-order valence-electron chi connectivity index (χ0n) is 12.3. The molecule has 1 aromatic carbocycles. The van der Waals surface area contributed by atoms with Crippen LogP contribution in [0.2, 0.25) is 0 Å². The molecule has 0 unspecified atom stereocenters. The molecule has 0 spiro atoms. The Hall–Kier alpha value is -1.83. The lowest BCUT2D eigenvalue weighted by molar-refractivity contribution is 0.0746. The van der Waals surface area contributed by atoms with Gasteiger partial charge in [-0.3, -0.25) is 4.79 Å². The normalized spacial score (nSPS) is 10.1. The topological polar surface area (TPSA) is 64.4 Å². The van der Waals surface area contributed by atoms with Crippen molar-refractivity contribution in [3.8, 4) is 11.8 Å². The molecule has 0 heterocycles. The Morgan fingerprint density at radius 3 is 2.85 bits per heavy atom. The summed E-state index contributed by atoms with van der Waals surface area (Å²) in [4.78, 5) is 12.1. The van der Waals surface area contributed by atoms with E-state index in [1.807, 2.05) is 32.9 Å². The molecule has 1 amide bonds. The zero-order valence-corrected chi connectivity index (χ0v) is 12.3. The predicted octanol–water partition coefficient (Wildman–Crippen LogP) is 1.46. The van der Waals surface area contributed by atoms with Gasteiger partial charge in [0.05, 0.1) is 19.3 Å². The molecule has 1 rings (SSSR count). The lowest BCUT2D eigenvalue weighted by Crippen LogP contribution is -2.28. The van der Waals surface area contributed by atoms with Crippen LogP contribution in [0.15, 0.2) is 18.2 Å². The Balaban J connectivity index is 2.68. The summed E-state index contributed by atoms with van der Waals surface area (Å²) in [6, 6.07) is 5.51. The monoisotopic (exact) mass is 274 g/mol. The standard InChI is InChI=1S/C16H22N2O2/c1-12(2)20-11-10-18-16(19)15-8-4-6-14(13(15)3)7-5-9-17/h4,6,8,12H,9-11,17H2,1-3H3,(H,18,19). The minimum absolute atomic E-state index is 0.105. The van der Waals surface area contributed by atoms with E-state index in [0.29, 0.717) is 25.3 Å². The summed E-state index contributed by atoms with van der Waals surface area (Å²) < 4.78 is 5.38. The SMILES string of the molecule is Cc1c(C#CCN)cccc1C(=O)NCCOC(C)C. The number of rotatable bonds is 5. The quantitative estimate of drug-likeness (QED) is 0.631. The van der Waals surface area contributed by atoms with Crippen LogP contribution in [0.3, 0.4) is 0 Å². The highest BCUT2D eigenvalue weighted by Crippen LogP contribution is 2.12. The van der Waals surface area contributed by atoms with E-state index in [9.17, 15) is 4.79 Å². The number of nitrogens with one attached hydrogen (secondary N) is 1. The molecule has 0 radical (unpaired) electrons. The Kier molecular flexibility index (Phi) is 6.78. The van der Waals surface area contributed by atoms with Gasteiger partial charge in [0.2, 0.25) is 0 Å². The van der Waals surface area contributed by atoms with Crippen LogP contribution in [0.25, 0.3) is 0 Å². The van der Waals surface area contributed by atoms with E-state index < -0.39 is 0 Å². The Bertz CT molecular complexity index is 513. The summed E-state index contributed by atoms with van der Waals surface area (Å²) in [5.41, 5.74) is 7.71. The molecular formula is C16H22N2O2. The molecular weight excluding hydrogens is 252 g/mol. The lowest BCUT2D eigenvalue weighted by Gasteiger charge is -2.10. The minimum atomic E-state index is -0.105. The van der Waals surface area contributed by atoms with Crippen molar-refractivity contribution in [1.29, 1.82) is 0 Å². The van der Waals surface area contributed by atoms with Crippen molar-refractivity contribution in [2.24, 2.45) is 5.73 Å². The van der Waals surface area contributed by atoms with Gasteiger partial charge in [-0.15, -0.1) is 0 Å². The molecule has 0 aliphatic heterocycles. The third-order valence-electron chi connectivity index (χ3n) is 2.74. The van der Waals surface area contributed by atoms with E-state index in [4.69, 9.17) is 10.5 Å². The molecule has 0 aliphatic rings. The zero-order chi connectivity index (χ0) is 15.0. The maximum atomic E-state index is 12.1. The van der Waals surface area contributed by atoms with Crippen molar-refractivity contribution >= 4 is 5.91 Å². The number of carbonyl (C=O) groups excluding carboxylic acids is 1. The summed E-state index contributed by atoms with van der Waals surface area (Å²) in [5.74, 6) is 5.67. The molecule has 0 bridgehead atoms. The molecule has 1 aromatic rings. The number of ether oxygens (including phenoxy) is 1. The average Bonchev–Trinajstić information content (AvgIpc) is 2.42. The van der Waals surface area contributed by atoms with Crippen molar-refractivity contribution in [2.75, 3.05) is 19.7 Å². The van der Waals surface area contributed by atoms with Crippen LogP contribution in [0.5, 0.6) is 0 Å². The second kappa shape index (κ2) is 8.36. The van der Waals surface area contributed by atoms with E-state index in [1.165, 1.54) is 0 Å². The summed E-state index contributed by atoms with van der Waals surface area (Å²) >= 11 is 0. The highest BCUT2D eigenvalue weighted by Gasteiger charge is 2.10. The molecule has 20 heavy (non-hydrogen) atoms. The van der Waals surface area contributed by atoms with E-state index in [-0.39, 0.29) is 12.0 Å². The number of carbonyl (C=O) groups is 1. The van der Waals surface area contributed by atoms with Crippen LogP contribution >= 0.6 is 0 Å². The van der Waals surface area contributed by atoms with E-state index in [2.05, 4.69) is 17.2 Å². The predicted molar refractivity (Wildman–Crippen MR) is 80.5 cm³/mol. The van der Waals surface area contributed by atoms with Gasteiger partial charge < -0.3 is 15.8 Å². The number of hydrogen-bond donors (Lipinski definition) is 2. The van der Waals surface area contributed by atoms with Gasteiger partial charge in [-0.25, -0.2) is 0 Å². The first-order valence-electron chi connectivity index (χ1n) is 6.74. The van der Waals surface area contributed by atoms with Crippen LogP contribution in [0, 0.1) is 18.8 Å². The van der Waals surface area contributed by atoms with Crippen molar-refractivity contribution < 1.29 is 9.53 Å². The fourth-order valence-corrected chi connectivity index (χ4v) is 1.72. The Morgan fingerprint density at radius 1 is 1.45 bits per heavy atom. The molecule has 0 aliphatic carbocycles. The first-order valence-corrected chi connectivity index (χ1v) is 6.74. The smallest absolute Gasteiger partial charge is 0.251 e. The number of benzene rings is 1. The fourth-order valence-electron chi connectivity index (χ4n) is 1.72. The summed E-state index contributed by atoms with van der Waals surface area (Å²) in [6.45, 7) is 7.13. The second-order valence-electron chi connectivity index (χ2n) is 4.66. The number of nitrogens with two attached hydrogens (primary N) is 1. The molecule has 108 valence electrons. The van der Waals surface area contributed by atoms with Gasteiger partial charge in [-0.2, -0.15) is 0 Å². The van der Waals surface area contributed by atoms with Gasteiger partial charge in [-0.05, 0) is 38.5 Å². The summed E-state index contributed by atoms with van der Waals surface area (Å²) in [6.07, 6.45) is 0.170. The maximum absolute atomic E-state index is 12.1. The first-order chi connectivity index (χ1) is 9.56. The van der Waals surface area contributed by atoms with Gasteiger partial charge in [-0.1, -0.05) is 17.9 Å². The molecule has 0 atom stereocenters. The van der Waals surface area contributed by atoms with Gasteiger partial charge in [0, 0.05) is 17.7 Å². The molecule has 4 nitrogen and oxygen atoms in total. The molecule has 0 saturated heterocycles. The number of hydrogen-bond acceptors (Lipinski definition) is 3. The van der Waals surface area contributed by atoms with Gasteiger partial charge in [0.1, 0.15) is 0 Å². The van der Waals surface area contributed by atoms with Crippen LogP contribution in [0.4, 0.5) is 0 Å².